The van der Waals surface area contributed by atoms with Gasteiger partial charge < -0.3 is 19.5 Å². The quantitative estimate of drug-likeness (QED) is 0.877. The standard InChI is InChI=1S/C17H17Cl2N3O3/c1-21-13(9-11(18)16(21)19)17(24)20-10-5-6-12(14(8-10)25-2)22-7-3-4-15(22)23/h5-6,8-9H,3-4,7H2,1-2H3,(H,20,24). The molecule has 25 heavy (non-hydrogen) atoms. The monoisotopic (exact) mass is 381 g/mol. The summed E-state index contributed by atoms with van der Waals surface area (Å²) in [7, 11) is 3.19. The number of benzene rings is 1. The molecular weight excluding hydrogens is 365 g/mol. The van der Waals surface area contributed by atoms with E-state index in [0.717, 1.165) is 6.42 Å². The lowest BCUT2D eigenvalue weighted by Gasteiger charge is -2.19. The van der Waals surface area contributed by atoms with Crippen LogP contribution >= 0.6 is 23.2 Å². The van der Waals surface area contributed by atoms with Crippen LogP contribution in [0.4, 0.5) is 11.4 Å². The fourth-order valence-corrected chi connectivity index (χ4v) is 3.21. The maximum absolute atomic E-state index is 12.4. The number of hydrogen-bond donors (Lipinski definition) is 1. The third kappa shape index (κ3) is 3.32. The number of nitrogens with one attached hydrogen (secondary N) is 1. The zero-order chi connectivity index (χ0) is 18.1. The Labute approximate surface area is 155 Å². The third-order valence-corrected chi connectivity index (χ3v) is 4.99. The minimum absolute atomic E-state index is 0.0724. The van der Waals surface area contributed by atoms with Gasteiger partial charge in [0.25, 0.3) is 5.91 Å². The van der Waals surface area contributed by atoms with E-state index in [1.807, 2.05) is 0 Å². The van der Waals surface area contributed by atoms with Crippen LogP contribution in [0.15, 0.2) is 24.3 Å². The van der Waals surface area contributed by atoms with Crippen molar-refractivity contribution in [2.45, 2.75) is 12.8 Å². The van der Waals surface area contributed by atoms with E-state index in [-0.39, 0.29) is 11.8 Å². The number of carbonyl (C=O) groups is 2. The Hall–Kier alpha value is -2.18. The number of hydrogen-bond acceptors (Lipinski definition) is 3. The van der Waals surface area contributed by atoms with Crippen molar-refractivity contribution in [3.63, 3.8) is 0 Å². The van der Waals surface area contributed by atoms with Crippen LogP contribution in [-0.4, -0.2) is 30.0 Å². The van der Waals surface area contributed by atoms with E-state index in [1.54, 1.807) is 30.1 Å². The largest absolute Gasteiger partial charge is 0.494 e. The minimum atomic E-state index is -0.344. The van der Waals surface area contributed by atoms with Crippen molar-refractivity contribution >= 4 is 46.4 Å². The summed E-state index contributed by atoms with van der Waals surface area (Å²) in [6.07, 6.45) is 1.37. The molecule has 0 radical (unpaired) electrons. The van der Waals surface area contributed by atoms with Gasteiger partial charge in [0.2, 0.25) is 5.91 Å². The van der Waals surface area contributed by atoms with E-state index in [2.05, 4.69) is 5.32 Å². The Morgan fingerprint density at radius 3 is 2.60 bits per heavy atom. The van der Waals surface area contributed by atoms with Crippen molar-refractivity contribution < 1.29 is 14.3 Å². The normalized spacial score (nSPS) is 14.1. The maximum atomic E-state index is 12.4. The SMILES string of the molecule is COc1cc(NC(=O)c2cc(Cl)c(Cl)n2C)ccc1N1CCCC1=O. The third-order valence-electron chi connectivity index (χ3n) is 4.15. The fourth-order valence-electron chi connectivity index (χ4n) is 2.84. The second kappa shape index (κ2) is 6.98. The number of halogens is 2. The second-order valence-corrected chi connectivity index (χ2v) is 6.48. The highest BCUT2D eigenvalue weighted by Gasteiger charge is 2.25. The van der Waals surface area contributed by atoms with E-state index in [4.69, 9.17) is 27.9 Å². The van der Waals surface area contributed by atoms with Crippen LogP contribution in [0.3, 0.4) is 0 Å². The number of carbonyl (C=O) groups excluding carboxylic acids is 2. The fraction of sp³-hybridized carbons (Fsp3) is 0.294. The van der Waals surface area contributed by atoms with Crippen molar-refractivity contribution in [2.24, 2.45) is 7.05 Å². The van der Waals surface area contributed by atoms with Gasteiger partial charge in [0, 0.05) is 31.8 Å². The lowest BCUT2D eigenvalue weighted by atomic mass is 10.2. The second-order valence-electron chi connectivity index (χ2n) is 5.72. The molecule has 1 saturated heterocycles. The smallest absolute Gasteiger partial charge is 0.272 e. The number of nitrogens with zero attached hydrogens (tertiary/aromatic N) is 2. The summed E-state index contributed by atoms with van der Waals surface area (Å²) in [4.78, 5) is 26.1. The molecule has 0 unspecified atom stereocenters. The van der Waals surface area contributed by atoms with Crippen LogP contribution in [0.5, 0.6) is 5.75 Å². The van der Waals surface area contributed by atoms with E-state index in [9.17, 15) is 9.59 Å². The Morgan fingerprint density at radius 1 is 1.28 bits per heavy atom. The molecule has 0 saturated carbocycles. The molecule has 1 fully saturated rings. The molecule has 1 aliphatic heterocycles. The van der Waals surface area contributed by atoms with E-state index in [0.29, 0.717) is 46.0 Å². The molecule has 2 amide bonds. The van der Waals surface area contributed by atoms with Crippen molar-refractivity contribution in [2.75, 3.05) is 23.9 Å². The summed E-state index contributed by atoms with van der Waals surface area (Å²) in [6.45, 7) is 0.668. The van der Waals surface area contributed by atoms with E-state index in [1.165, 1.54) is 17.7 Å². The van der Waals surface area contributed by atoms with Gasteiger partial charge in [0.05, 0.1) is 17.8 Å². The van der Waals surface area contributed by atoms with Gasteiger partial charge in [0.15, 0.2) is 0 Å². The number of ether oxygens (including phenoxy) is 1. The van der Waals surface area contributed by atoms with Gasteiger partial charge in [-0.2, -0.15) is 0 Å². The maximum Gasteiger partial charge on any atom is 0.272 e. The molecule has 0 atom stereocenters. The van der Waals surface area contributed by atoms with Gasteiger partial charge in [-0.15, -0.1) is 0 Å². The van der Waals surface area contributed by atoms with Gasteiger partial charge in [-0.1, -0.05) is 23.2 Å². The van der Waals surface area contributed by atoms with Crippen molar-refractivity contribution in [3.8, 4) is 5.75 Å². The summed E-state index contributed by atoms with van der Waals surface area (Å²) < 4.78 is 6.90. The Bertz CT molecular complexity index is 848. The highest BCUT2D eigenvalue weighted by atomic mass is 35.5. The van der Waals surface area contributed by atoms with Gasteiger partial charge in [-0.05, 0) is 24.6 Å². The van der Waals surface area contributed by atoms with Crippen molar-refractivity contribution in [3.05, 3.63) is 40.1 Å². The molecule has 0 spiro atoms. The molecule has 8 heteroatoms. The first-order valence-electron chi connectivity index (χ1n) is 7.73. The van der Waals surface area contributed by atoms with Gasteiger partial charge >= 0.3 is 0 Å². The van der Waals surface area contributed by atoms with Crippen molar-refractivity contribution in [1.82, 2.24) is 4.57 Å². The predicted molar refractivity (Wildman–Crippen MR) is 98.0 cm³/mol. The van der Waals surface area contributed by atoms with Crippen LogP contribution in [0.1, 0.15) is 23.3 Å². The summed E-state index contributed by atoms with van der Waals surface area (Å²) in [5.41, 5.74) is 1.59. The number of aromatic nitrogens is 1. The Balaban J connectivity index is 1.84. The van der Waals surface area contributed by atoms with Crippen LogP contribution in [0.25, 0.3) is 0 Å². The van der Waals surface area contributed by atoms with Crippen LogP contribution in [0, 0.1) is 0 Å². The summed E-state index contributed by atoms with van der Waals surface area (Å²) in [5, 5.41) is 3.40. The summed E-state index contributed by atoms with van der Waals surface area (Å²) >= 11 is 11.9. The summed E-state index contributed by atoms with van der Waals surface area (Å²) in [5.74, 6) is 0.252. The molecule has 0 aliphatic carbocycles. The number of rotatable bonds is 4. The van der Waals surface area contributed by atoms with Crippen LogP contribution in [-0.2, 0) is 11.8 Å². The zero-order valence-electron chi connectivity index (χ0n) is 13.8. The molecule has 1 aromatic carbocycles. The number of anilines is 2. The lowest BCUT2D eigenvalue weighted by molar-refractivity contribution is -0.117. The van der Waals surface area contributed by atoms with Gasteiger partial charge in [-0.3, -0.25) is 9.59 Å². The van der Waals surface area contributed by atoms with Gasteiger partial charge in [0.1, 0.15) is 16.6 Å². The lowest BCUT2D eigenvalue weighted by Crippen LogP contribution is -2.24. The molecule has 6 nitrogen and oxygen atoms in total. The van der Waals surface area contributed by atoms with Crippen molar-refractivity contribution in [1.29, 1.82) is 0 Å². The molecule has 2 heterocycles. The zero-order valence-corrected chi connectivity index (χ0v) is 15.3. The molecule has 3 rings (SSSR count). The highest BCUT2D eigenvalue weighted by molar-refractivity contribution is 6.42. The molecule has 132 valence electrons. The predicted octanol–water partition coefficient (Wildman–Crippen LogP) is 3.72. The Morgan fingerprint density at radius 2 is 2.04 bits per heavy atom. The highest BCUT2D eigenvalue weighted by Crippen LogP contribution is 2.34. The average Bonchev–Trinajstić information content (AvgIpc) is 3.13. The molecule has 1 aliphatic rings. The number of methoxy groups -OCH3 is 1. The van der Waals surface area contributed by atoms with Gasteiger partial charge in [-0.25, -0.2) is 0 Å². The van der Waals surface area contributed by atoms with E-state index >= 15 is 0 Å². The number of amides is 2. The molecule has 0 bridgehead atoms. The van der Waals surface area contributed by atoms with E-state index < -0.39 is 0 Å². The first-order chi connectivity index (χ1) is 11.9. The van der Waals surface area contributed by atoms with Crippen LogP contribution in [0.2, 0.25) is 10.2 Å². The Kier molecular flexibility index (Phi) is 4.92. The first kappa shape index (κ1) is 17.6. The topological polar surface area (TPSA) is 63.6 Å². The minimum Gasteiger partial charge on any atom is -0.494 e. The summed E-state index contributed by atoms with van der Waals surface area (Å²) in [6, 6.07) is 6.69. The average molecular weight is 382 g/mol. The molecule has 1 aromatic heterocycles. The van der Waals surface area contributed by atoms with Crippen LogP contribution < -0.4 is 15.0 Å². The molecule has 1 N–H and O–H groups in total. The molecule has 2 aromatic rings. The first-order valence-corrected chi connectivity index (χ1v) is 8.48. The molecular formula is C17H17Cl2N3O3.